The molecule has 0 radical (unpaired) electrons. The second-order valence-corrected chi connectivity index (χ2v) is 4.67. The van der Waals surface area contributed by atoms with Gasteiger partial charge in [-0.05, 0) is 19.8 Å². The Morgan fingerprint density at radius 3 is 1.25 bits per heavy atom. The highest BCUT2D eigenvalue weighted by Crippen LogP contribution is 2.00. The molecule has 0 nitrogen and oxygen atoms in total. The lowest BCUT2D eigenvalue weighted by Gasteiger charge is -1.90. The second kappa shape index (κ2) is 26.5. The molecule has 0 heterocycles. The average molecular weight is 281 g/mol. The highest BCUT2D eigenvalue weighted by atomic mass is 13.9. The van der Waals surface area contributed by atoms with Crippen LogP contribution in [0.3, 0.4) is 0 Å². The number of benzene rings is 1. The molecule has 0 aliphatic carbocycles. The van der Waals surface area contributed by atoms with E-state index in [9.17, 15) is 0 Å². The first kappa shape index (κ1) is 27.3. The van der Waals surface area contributed by atoms with Crippen LogP contribution in [0, 0.1) is 19.8 Å². The molecule has 0 saturated heterocycles. The van der Waals surface area contributed by atoms with E-state index in [2.05, 4.69) is 85.9 Å². The molecule has 0 fully saturated rings. The Balaban J connectivity index is -0.0000000930. The molecule has 0 N–H and O–H groups in total. The van der Waals surface area contributed by atoms with E-state index in [-0.39, 0.29) is 0 Å². The molecule has 1 rings (SSSR count). The summed E-state index contributed by atoms with van der Waals surface area (Å²) in [5.74, 6) is 0.884. The van der Waals surface area contributed by atoms with Crippen molar-refractivity contribution in [2.75, 3.05) is 0 Å². The summed E-state index contributed by atoms with van der Waals surface area (Å²) in [6, 6.07) is 8.45. The SMILES string of the molecule is C=C.CC.CCC.CCC(C)C.Cc1cccc(C)c1. The van der Waals surface area contributed by atoms with Crippen molar-refractivity contribution in [1.29, 1.82) is 0 Å². The van der Waals surface area contributed by atoms with Gasteiger partial charge in [-0.15, -0.1) is 13.2 Å². The molecule has 1 aromatic carbocycles. The third kappa shape index (κ3) is 36.0. The van der Waals surface area contributed by atoms with E-state index in [0.29, 0.717) is 0 Å². The van der Waals surface area contributed by atoms with Gasteiger partial charge in [-0.3, -0.25) is 0 Å². The molecule has 0 aromatic heterocycles. The van der Waals surface area contributed by atoms with Gasteiger partial charge >= 0.3 is 0 Å². The zero-order valence-electron chi connectivity index (χ0n) is 15.7. The van der Waals surface area contributed by atoms with Crippen molar-refractivity contribution in [1.82, 2.24) is 0 Å². The van der Waals surface area contributed by atoms with Crippen molar-refractivity contribution >= 4 is 0 Å². The molecule has 0 unspecified atom stereocenters. The number of aryl methyl sites for hydroxylation is 2. The summed E-state index contributed by atoms with van der Waals surface area (Å²) < 4.78 is 0. The molecular formula is C20H40. The van der Waals surface area contributed by atoms with Gasteiger partial charge in [0.15, 0.2) is 0 Å². The van der Waals surface area contributed by atoms with Gasteiger partial charge in [0.05, 0.1) is 0 Å². The molecule has 0 bridgehead atoms. The summed E-state index contributed by atoms with van der Waals surface area (Å²) in [6.45, 7) is 25.1. The lowest BCUT2D eigenvalue weighted by atomic mass is 10.2. The van der Waals surface area contributed by atoms with Crippen LogP contribution in [0.4, 0.5) is 0 Å². The molecule has 0 saturated carbocycles. The Morgan fingerprint density at radius 1 is 0.900 bits per heavy atom. The number of hydrogen-bond acceptors (Lipinski definition) is 0. The summed E-state index contributed by atoms with van der Waals surface area (Å²) in [7, 11) is 0. The van der Waals surface area contributed by atoms with Gasteiger partial charge < -0.3 is 0 Å². The minimum absolute atomic E-state index is 0.884. The molecule has 20 heavy (non-hydrogen) atoms. The molecule has 0 amide bonds. The first-order chi connectivity index (χ1) is 9.47. The normalized spacial score (nSPS) is 7.50. The maximum absolute atomic E-state index is 3.00. The van der Waals surface area contributed by atoms with Gasteiger partial charge in [0, 0.05) is 0 Å². The predicted octanol–water partition coefficient (Wildman–Crippen LogP) is 7.60. The molecular weight excluding hydrogens is 240 g/mol. The molecule has 1 aromatic rings. The van der Waals surface area contributed by atoms with E-state index in [0.717, 1.165) is 5.92 Å². The third-order valence-corrected chi connectivity index (χ3v) is 1.99. The van der Waals surface area contributed by atoms with E-state index in [1.807, 2.05) is 13.8 Å². The van der Waals surface area contributed by atoms with Crippen molar-refractivity contribution in [3.8, 4) is 0 Å². The largest absolute Gasteiger partial charge is 0.106 e. The Morgan fingerprint density at radius 2 is 1.15 bits per heavy atom. The van der Waals surface area contributed by atoms with Crippen molar-refractivity contribution in [2.45, 2.75) is 75.2 Å². The summed E-state index contributed by atoms with van der Waals surface area (Å²) >= 11 is 0. The summed E-state index contributed by atoms with van der Waals surface area (Å²) in [5, 5.41) is 0. The van der Waals surface area contributed by atoms with Crippen LogP contribution in [-0.2, 0) is 0 Å². The molecule has 120 valence electrons. The van der Waals surface area contributed by atoms with Crippen LogP contribution < -0.4 is 0 Å². The van der Waals surface area contributed by atoms with Crippen LogP contribution in [-0.4, -0.2) is 0 Å². The average Bonchev–Trinajstić information content (AvgIpc) is 2.44. The lowest BCUT2D eigenvalue weighted by Crippen LogP contribution is -1.77. The van der Waals surface area contributed by atoms with Gasteiger partial charge in [0.25, 0.3) is 0 Å². The van der Waals surface area contributed by atoms with Gasteiger partial charge in [0.1, 0.15) is 0 Å². The number of rotatable bonds is 1. The predicted molar refractivity (Wildman–Crippen MR) is 99.6 cm³/mol. The van der Waals surface area contributed by atoms with Crippen LogP contribution in [0.1, 0.15) is 72.4 Å². The standard InChI is InChI=1S/C8H10.C5H12.C3H8.C2H6.C2H4/c1-7-4-3-5-8(2)6-7;1-4-5(2)3;1-3-2;2*1-2/h3-6H,1-2H3;5H,4H2,1-3H3;3H2,1-2H3;1-2H3;1-2H2. The third-order valence-electron chi connectivity index (χ3n) is 1.99. The van der Waals surface area contributed by atoms with Gasteiger partial charge in [0.2, 0.25) is 0 Å². The fraction of sp³-hybridized carbons (Fsp3) is 0.600. The lowest BCUT2D eigenvalue weighted by molar-refractivity contribution is 0.626. The molecule has 0 atom stereocenters. The van der Waals surface area contributed by atoms with Crippen molar-refractivity contribution in [2.24, 2.45) is 5.92 Å². The topological polar surface area (TPSA) is 0 Å². The zero-order chi connectivity index (χ0) is 17.0. The Hall–Kier alpha value is -1.04. The summed E-state index contributed by atoms with van der Waals surface area (Å²) in [4.78, 5) is 0. The summed E-state index contributed by atoms with van der Waals surface area (Å²) in [5.41, 5.74) is 2.68. The van der Waals surface area contributed by atoms with E-state index in [1.165, 1.54) is 24.0 Å². The molecule has 0 heteroatoms. The van der Waals surface area contributed by atoms with Gasteiger partial charge in [-0.2, -0.15) is 0 Å². The van der Waals surface area contributed by atoms with E-state index < -0.39 is 0 Å². The Kier molecular flexibility index (Phi) is 36.2. The van der Waals surface area contributed by atoms with E-state index >= 15 is 0 Å². The molecule has 0 aliphatic rings. The van der Waals surface area contributed by atoms with Crippen molar-refractivity contribution in [3.63, 3.8) is 0 Å². The number of hydrogen-bond donors (Lipinski definition) is 0. The van der Waals surface area contributed by atoms with Crippen LogP contribution in [0.2, 0.25) is 0 Å². The van der Waals surface area contributed by atoms with Crippen LogP contribution in [0.25, 0.3) is 0 Å². The van der Waals surface area contributed by atoms with E-state index in [1.54, 1.807) is 0 Å². The van der Waals surface area contributed by atoms with Crippen LogP contribution in [0.5, 0.6) is 0 Å². The maximum Gasteiger partial charge on any atom is -0.0398 e. The minimum Gasteiger partial charge on any atom is -0.106 e. The first-order valence-corrected chi connectivity index (χ1v) is 8.01. The smallest absolute Gasteiger partial charge is 0.0398 e. The zero-order valence-corrected chi connectivity index (χ0v) is 15.7. The van der Waals surface area contributed by atoms with Gasteiger partial charge in [-0.1, -0.05) is 96.7 Å². The van der Waals surface area contributed by atoms with Crippen LogP contribution in [0.15, 0.2) is 37.4 Å². The maximum atomic E-state index is 3.00. The quantitative estimate of drug-likeness (QED) is 0.464. The van der Waals surface area contributed by atoms with Crippen molar-refractivity contribution in [3.05, 3.63) is 48.6 Å². The minimum atomic E-state index is 0.884. The molecule has 0 aliphatic heterocycles. The monoisotopic (exact) mass is 280 g/mol. The first-order valence-electron chi connectivity index (χ1n) is 8.01. The highest BCUT2D eigenvalue weighted by molar-refractivity contribution is 5.20. The Labute approximate surface area is 130 Å². The highest BCUT2D eigenvalue weighted by Gasteiger charge is 1.81. The Bertz CT molecular complexity index is 231. The fourth-order valence-corrected chi connectivity index (χ4v) is 0.807. The summed E-state index contributed by atoms with van der Waals surface area (Å²) in [6.07, 6.45) is 2.56. The van der Waals surface area contributed by atoms with Crippen LogP contribution >= 0.6 is 0 Å². The van der Waals surface area contributed by atoms with E-state index in [4.69, 9.17) is 0 Å². The second-order valence-electron chi connectivity index (χ2n) is 4.67. The fourth-order valence-electron chi connectivity index (χ4n) is 0.807. The molecule has 0 spiro atoms. The van der Waals surface area contributed by atoms with Gasteiger partial charge in [-0.25, -0.2) is 0 Å². The van der Waals surface area contributed by atoms with Crippen molar-refractivity contribution < 1.29 is 0 Å².